The minimum Gasteiger partial charge on any atom is -0.493 e. The number of esters is 1. The van der Waals surface area contributed by atoms with E-state index >= 15 is 0 Å². The van der Waals surface area contributed by atoms with Crippen LogP contribution in [0.1, 0.15) is 44.0 Å². The maximum atomic E-state index is 12.6. The Kier molecular flexibility index (Phi) is 10.6. The Morgan fingerprint density at radius 1 is 0.923 bits per heavy atom. The van der Waals surface area contributed by atoms with Gasteiger partial charge in [0, 0.05) is 12.5 Å². The maximum absolute atomic E-state index is 12.6. The molecule has 0 unspecified atom stereocenters. The van der Waals surface area contributed by atoms with Crippen molar-refractivity contribution in [1.29, 1.82) is 0 Å². The largest absolute Gasteiger partial charge is 0.493 e. The summed E-state index contributed by atoms with van der Waals surface area (Å²) in [5, 5.41) is 0. The summed E-state index contributed by atoms with van der Waals surface area (Å²) in [4.78, 5) is 24.2. The number of Topliss-reactive ketones (excluding diaryl/α,β-unsaturated/α-hetero) is 1. The molecular weight excluding hydrogens is 360 g/mol. The number of ether oxygens (including phenoxy) is 4. The highest BCUT2D eigenvalue weighted by Gasteiger charge is 2.19. The number of benzene rings is 1. The fourth-order valence-corrected chi connectivity index (χ4v) is 2.34. The molecule has 0 aromatic heterocycles. The Morgan fingerprint density at radius 2 is 1.50 bits per heavy atom. The van der Waals surface area contributed by atoms with Crippen molar-refractivity contribution < 1.29 is 33.1 Å². The van der Waals surface area contributed by atoms with Gasteiger partial charge >= 0.3 is 5.97 Å². The number of rotatable bonds is 13. The summed E-state index contributed by atoms with van der Waals surface area (Å²) in [5.41, 5.74) is 0.345. The molecule has 146 valence electrons. The molecule has 0 spiro atoms. The molecule has 1 aromatic carbocycles. The predicted octanol–water partition coefficient (Wildman–Crippen LogP) is 3.60. The highest BCUT2D eigenvalue weighted by atomic mass is 32.2. The average Bonchev–Trinajstić information content (AvgIpc) is 2.62. The van der Waals surface area contributed by atoms with Crippen LogP contribution in [0.3, 0.4) is 0 Å². The zero-order chi connectivity index (χ0) is 19.4. The number of hydrogen-bond donors (Lipinski definition) is 1. The van der Waals surface area contributed by atoms with Crippen LogP contribution in [0.2, 0.25) is 0 Å². The van der Waals surface area contributed by atoms with Gasteiger partial charge in [-0.1, -0.05) is 0 Å². The SMILES string of the molecule is CCOc1cc(OCC)c(C(=O)CCC(=O)OCCSO)cc1OCC. The molecule has 1 rings (SSSR count). The topological polar surface area (TPSA) is 91.3 Å². The van der Waals surface area contributed by atoms with E-state index in [-0.39, 0.29) is 25.2 Å². The first kappa shape index (κ1) is 22.1. The molecule has 0 aliphatic carbocycles. The summed E-state index contributed by atoms with van der Waals surface area (Å²) < 4.78 is 30.2. The van der Waals surface area contributed by atoms with E-state index in [1.54, 1.807) is 12.1 Å². The van der Waals surface area contributed by atoms with Gasteiger partial charge in [-0.25, -0.2) is 0 Å². The zero-order valence-electron chi connectivity index (χ0n) is 15.4. The Hall–Kier alpha value is -1.93. The number of ketones is 1. The first-order valence-electron chi connectivity index (χ1n) is 8.58. The summed E-state index contributed by atoms with van der Waals surface area (Å²) in [5.74, 6) is 0.936. The number of hydrogen-bond acceptors (Lipinski definition) is 8. The number of carbonyl (C=O) groups is 2. The van der Waals surface area contributed by atoms with E-state index < -0.39 is 5.97 Å². The van der Waals surface area contributed by atoms with Crippen LogP contribution in [0.4, 0.5) is 0 Å². The fourth-order valence-electron chi connectivity index (χ4n) is 2.19. The van der Waals surface area contributed by atoms with Crippen molar-refractivity contribution in [3.05, 3.63) is 17.7 Å². The lowest BCUT2D eigenvalue weighted by Gasteiger charge is -2.16. The second kappa shape index (κ2) is 12.4. The van der Waals surface area contributed by atoms with Crippen LogP contribution in [0.5, 0.6) is 17.2 Å². The maximum Gasteiger partial charge on any atom is 0.306 e. The van der Waals surface area contributed by atoms with Gasteiger partial charge in [-0.3, -0.25) is 9.59 Å². The predicted molar refractivity (Wildman–Crippen MR) is 99.6 cm³/mol. The molecule has 0 radical (unpaired) electrons. The van der Waals surface area contributed by atoms with E-state index in [4.69, 9.17) is 23.5 Å². The molecule has 0 saturated carbocycles. The van der Waals surface area contributed by atoms with Crippen molar-refractivity contribution in [2.24, 2.45) is 0 Å². The van der Waals surface area contributed by atoms with Gasteiger partial charge < -0.3 is 23.5 Å². The molecule has 0 atom stereocenters. The van der Waals surface area contributed by atoms with Crippen molar-refractivity contribution in [2.75, 3.05) is 32.2 Å². The molecule has 0 fully saturated rings. The molecule has 7 nitrogen and oxygen atoms in total. The molecule has 8 heteroatoms. The van der Waals surface area contributed by atoms with E-state index in [0.29, 0.717) is 60.4 Å². The van der Waals surface area contributed by atoms with Gasteiger partial charge in [-0.15, -0.1) is 0 Å². The minimum absolute atomic E-state index is 0.00920. The highest BCUT2D eigenvalue weighted by molar-refractivity contribution is 7.93. The average molecular weight is 386 g/mol. The first-order valence-corrected chi connectivity index (χ1v) is 9.53. The van der Waals surface area contributed by atoms with Gasteiger partial charge in [-0.2, -0.15) is 0 Å². The van der Waals surface area contributed by atoms with Crippen molar-refractivity contribution in [3.8, 4) is 17.2 Å². The zero-order valence-corrected chi connectivity index (χ0v) is 16.2. The van der Waals surface area contributed by atoms with Gasteiger partial charge in [0.1, 0.15) is 12.4 Å². The van der Waals surface area contributed by atoms with E-state index in [1.165, 1.54) is 0 Å². The summed E-state index contributed by atoms with van der Waals surface area (Å²) in [7, 11) is 0. The Bertz CT molecular complexity index is 589. The second-order valence-corrected chi connectivity index (χ2v) is 5.74. The highest BCUT2D eigenvalue weighted by Crippen LogP contribution is 2.36. The molecule has 0 amide bonds. The number of carbonyl (C=O) groups excluding carboxylic acids is 2. The normalized spacial score (nSPS) is 10.3. The summed E-state index contributed by atoms with van der Waals surface area (Å²) in [6.07, 6.45) is -0.0532. The Balaban J connectivity index is 2.91. The van der Waals surface area contributed by atoms with Crippen LogP contribution in [0, 0.1) is 0 Å². The van der Waals surface area contributed by atoms with Crippen LogP contribution < -0.4 is 14.2 Å². The smallest absolute Gasteiger partial charge is 0.306 e. The van der Waals surface area contributed by atoms with E-state index in [1.807, 2.05) is 20.8 Å². The van der Waals surface area contributed by atoms with Crippen LogP contribution in [0.15, 0.2) is 12.1 Å². The summed E-state index contributed by atoms with van der Waals surface area (Å²) in [6, 6.07) is 3.23. The van der Waals surface area contributed by atoms with Crippen LogP contribution in [-0.4, -0.2) is 48.5 Å². The van der Waals surface area contributed by atoms with Gasteiger partial charge in [0.2, 0.25) is 0 Å². The Morgan fingerprint density at radius 3 is 2.08 bits per heavy atom. The van der Waals surface area contributed by atoms with Gasteiger partial charge in [0.05, 0.1) is 37.6 Å². The van der Waals surface area contributed by atoms with Crippen molar-refractivity contribution in [2.45, 2.75) is 33.6 Å². The summed E-state index contributed by atoms with van der Waals surface area (Å²) >= 11 is 0.597. The third-order valence-corrected chi connectivity index (χ3v) is 3.59. The van der Waals surface area contributed by atoms with Crippen molar-refractivity contribution in [1.82, 2.24) is 0 Å². The van der Waals surface area contributed by atoms with Crippen LogP contribution in [0.25, 0.3) is 0 Å². The Labute approximate surface area is 158 Å². The van der Waals surface area contributed by atoms with E-state index in [0.717, 1.165) is 0 Å². The molecule has 0 aliphatic rings. The third kappa shape index (κ3) is 7.13. The molecular formula is C18H26O7S. The molecule has 26 heavy (non-hydrogen) atoms. The minimum atomic E-state index is -0.485. The van der Waals surface area contributed by atoms with Crippen molar-refractivity contribution in [3.63, 3.8) is 0 Å². The monoisotopic (exact) mass is 386 g/mol. The first-order chi connectivity index (χ1) is 12.6. The van der Waals surface area contributed by atoms with E-state index in [9.17, 15) is 9.59 Å². The molecule has 0 heterocycles. The van der Waals surface area contributed by atoms with Gasteiger partial charge in [0.15, 0.2) is 17.3 Å². The van der Waals surface area contributed by atoms with Gasteiger partial charge in [-0.05, 0) is 38.9 Å². The molecule has 0 bridgehead atoms. The van der Waals surface area contributed by atoms with Gasteiger partial charge in [0.25, 0.3) is 0 Å². The van der Waals surface area contributed by atoms with Crippen LogP contribution in [-0.2, 0) is 9.53 Å². The standard InChI is InChI=1S/C18H26O7S/c1-4-22-15-12-17(24-6-3)16(23-5-2)11-13(15)14(19)7-8-18(20)25-9-10-26-21/h11-12,21H,4-10H2,1-3H3. The van der Waals surface area contributed by atoms with Crippen molar-refractivity contribution >= 4 is 23.8 Å². The summed E-state index contributed by atoms with van der Waals surface area (Å²) in [6.45, 7) is 6.90. The molecule has 0 aliphatic heterocycles. The lowest BCUT2D eigenvalue weighted by atomic mass is 10.0. The molecule has 1 aromatic rings. The fraction of sp³-hybridized carbons (Fsp3) is 0.556. The lowest BCUT2D eigenvalue weighted by molar-refractivity contribution is -0.142. The van der Waals surface area contributed by atoms with Crippen LogP contribution >= 0.6 is 12.0 Å². The molecule has 0 saturated heterocycles. The third-order valence-electron chi connectivity index (χ3n) is 3.24. The molecule has 1 N–H and O–H groups in total. The van der Waals surface area contributed by atoms with E-state index in [2.05, 4.69) is 0 Å². The lowest BCUT2D eigenvalue weighted by Crippen LogP contribution is -2.11. The quantitative estimate of drug-likeness (QED) is 0.238. The second-order valence-electron chi connectivity index (χ2n) is 5.07.